The number of para-hydroxylation sites is 1. The fourth-order valence-electron chi connectivity index (χ4n) is 3.55. The Labute approximate surface area is 191 Å². The third-order valence-electron chi connectivity index (χ3n) is 5.25. The predicted octanol–water partition coefficient (Wildman–Crippen LogP) is 6.48. The molecule has 0 saturated carbocycles. The van der Waals surface area contributed by atoms with Gasteiger partial charge in [-0.05, 0) is 43.3 Å². The van der Waals surface area contributed by atoms with Crippen molar-refractivity contribution in [3.05, 3.63) is 118 Å². The first-order valence-electron chi connectivity index (χ1n) is 10.2. The lowest BCUT2D eigenvalue weighted by molar-refractivity contribution is -0.130. The van der Waals surface area contributed by atoms with E-state index in [0.29, 0.717) is 16.4 Å². The summed E-state index contributed by atoms with van der Waals surface area (Å²) in [5.74, 6) is 0.167. The van der Waals surface area contributed by atoms with Crippen LogP contribution in [0, 0.1) is 6.92 Å². The van der Waals surface area contributed by atoms with Crippen LogP contribution in [0.4, 0.5) is 0 Å². The molecule has 2 heterocycles. The lowest BCUT2D eigenvalue weighted by Gasteiger charge is -2.01. The maximum Gasteiger partial charge on any atom is 0.343 e. The summed E-state index contributed by atoms with van der Waals surface area (Å²) in [4.78, 5) is 12.6. The highest BCUT2D eigenvalue weighted by molar-refractivity contribution is 6.30. The number of carbonyl (C=O) groups excluding carboxylic acids is 1. The van der Waals surface area contributed by atoms with Crippen molar-refractivity contribution in [3.8, 4) is 16.9 Å². The fraction of sp³-hybridized carbons (Fsp3) is 0.0370. The van der Waals surface area contributed by atoms with Gasteiger partial charge in [0.2, 0.25) is 0 Å². The third kappa shape index (κ3) is 4.01. The highest BCUT2D eigenvalue weighted by Crippen LogP contribution is 2.31. The van der Waals surface area contributed by atoms with Crippen molar-refractivity contribution in [3.63, 3.8) is 0 Å². The summed E-state index contributed by atoms with van der Waals surface area (Å²) >= 11 is 6.07. The fourth-order valence-corrected chi connectivity index (χ4v) is 3.68. The molecule has 1 aliphatic heterocycles. The number of hydrogen-bond donors (Lipinski definition) is 0. The number of carbonyl (C=O) groups is 1. The van der Waals surface area contributed by atoms with Crippen LogP contribution in [0.3, 0.4) is 0 Å². The summed E-state index contributed by atoms with van der Waals surface area (Å²) < 4.78 is 7.34. The largest absolute Gasteiger partial charge is 0.422 e. The number of esters is 1. The van der Waals surface area contributed by atoms with Crippen molar-refractivity contribution in [2.24, 2.45) is 0 Å². The van der Waals surface area contributed by atoms with Gasteiger partial charge in [-0.3, -0.25) is 0 Å². The van der Waals surface area contributed by atoms with Crippen molar-refractivity contribution >= 4 is 29.4 Å². The maximum atomic E-state index is 12.6. The summed E-state index contributed by atoms with van der Waals surface area (Å²) in [5, 5.41) is 5.44. The first-order chi connectivity index (χ1) is 15.6. The average molecular weight is 439 g/mol. The molecule has 0 spiro atoms. The molecule has 0 amide bonds. The van der Waals surface area contributed by atoms with Crippen LogP contribution in [0.15, 0.2) is 96.7 Å². The first-order valence-corrected chi connectivity index (χ1v) is 10.6. The lowest BCUT2D eigenvalue weighted by Crippen LogP contribution is -1.97. The molecule has 0 atom stereocenters. The number of benzene rings is 3. The van der Waals surface area contributed by atoms with Gasteiger partial charge in [-0.15, -0.1) is 0 Å². The van der Waals surface area contributed by atoms with Crippen molar-refractivity contribution < 1.29 is 9.53 Å². The Hall–Kier alpha value is -3.89. The minimum atomic E-state index is -0.380. The molecule has 0 saturated heterocycles. The van der Waals surface area contributed by atoms with Gasteiger partial charge < -0.3 is 4.74 Å². The Bertz CT molecular complexity index is 1350. The van der Waals surface area contributed by atoms with Crippen molar-refractivity contribution in [1.29, 1.82) is 0 Å². The Kier molecular flexibility index (Phi) is 5.21. The summed E-state index contributed by atoms with van der Waals surface area (Å²) in [6, 6.07) is 25.2. The van der Waals surface area contributed by atoms with Crippen LogP contribution in [0.2, 0.25) is 5.02 Å². The van der Waals surface area contributed by atoms with E-state index < -0.39 is 0 Å². The molecule has 1 aromatic heterocycles. The molecule has 0 N–H and O–H groups in total. The van der Waals surface area contributed by atoms with E-state index >= 15 is 0 Å². The van der Waals surface area contributed by atoms with Crippen LogP contribution in [-0.2, 0) is 9.53 Å². The number of ether oxygens (including phenoxy) is 1. The predicted molar refractivity (Wildman–Crippen MR) is 127 cm³/mol. The van der Waals surface area contributed by atoms with Gasteiger partial charge in [0.15, 0.2) is 0 Å². The van der Waals surface area contributed by atoms with E-state index in [0.717, 1.165) is 33.6 Å². The quantitative estimate of drug-likeness (QED) is 0.270. The second-order valence-corrected chi connectivity index (χ2v) is 8.02. The van der Waals surface area contributed by atoms with Crippen LogP contribution in [0.5, 0.6) is 0 Å². The molecule has 4 nitrogen and oxygen atoms in total. The number of aryl methyl sites for hydroxylation is 1. The first kappa shape index (κ1) is 20.0. The molecule has 0 unspecified atom stereocenters. The van der Waals surface area contributed by atoms with E-state index in [9.17, 15) is 4.79 Å². The zero-order valence-electron chi connectivity index (χ0n) is 17.3. The van der Waals surface area contributed by atoms with Crippen LogP contribution in [0.1, 0.15) is 16.7 Å². The zero-order chi connectivity index (χ0) is 22.1. The monoisotopic (exact) mass is 438 g/mol. The van der Waals surface area contributed by atoms with Gasteiger partial charge in [-0.1, -0.05) is 71.8 Å². The van der Waals surface area contributed by atoms with Crippen molar-refractivity contribution in [2.45, 2.75) is 6.92 Å². The minimum absolute atomic E-state index is 0.380. The molecule has 5 heteroatoms. The van der Waals surface area contributed by atoms with E-state index in [1.807, 2.05) is 98.1 Å². The second kappa shape index (κ2) is 8.33. The Morgan fingerprint density at radius 3 is 2.31 bits per heavy atom. The average Bonchev–Trinajstić information content (AvgIpc) is 3.39. The van der Waals surface area contributed by atoms with Gasteiger partial charge in [0.1, 0.15) is 5.76 Å². The lowest BCUT2D eigenvalue weighted by atomic mass is 10.1. The summed E-state index contributed by atoms with van der Waals surface area (Å²) in [6.45, 7) is 2.02. The van der Waals surface area contributed by atoms with E-state index in [1.165, 1.54) is 0 Å². The summed E-state index contributed by atoms with van der Waals surface area (Å²) in [7, 11) is 0. The molecule has 156 valence electrons. The van der Waals surface area contributed by atoms with Gasteiger partial charge >= 0.3 is 5.97 Å². The Morgan fingerprint density at radius 2 is 1.59 bits per heavy atom. The molecule has 3 aromatic carbocycles. The standard InChI is InChI=1S/C27H19ClN2O2/c1-18-7-9-19(10-8-18)25-16-21(27(31)32-25)15-22-17-30(24-5-3-2-4-6-24)29-26(22)20-11-13-23(28)14-12-20/h2-17H,1H3. The van der Waals surface area contributed by atoms with E-state index in [-0.39, 0.29) is 5.97 Å². The molecule has 4 aromatic rings. The normalized spacial score (nSPS) is 14.5. The molecular formula is C27H19ClN2O2. The summed E-state index contributed by atoms with van der Waals surface area (Å²) in [5.41, 5.74) is 5.89. The van der Waals surface area contributed by atoms with Crippen LogP contribution < -0.4 is 0 Å². The number of halogens is 1. The second-order valence-electron chi connectivity index (χ2n) is 7.58. The maximum absolute atomic E-state index is 12.6. The van der Waals surface area contributed by atoms with Crippen molar-refractivity contribution in [2.75, 3.05) is 0 Å². The molecule has 32 heavy (non-hydrogen) atoms. The van der Waals surface area contributed by atoms with Crippen molar-refractivity contribution in [1.82, 2.24) is 9.78 Å². The van der Waals surface area contributed by atoms with E-state index in [4.69, 9.17) is 21.4 Å². The highest BCUT2D eigenvalue weighted by atomic mass is 35.5. The molecule has 0 bridgehead atoms. The number of nitrogens with zero attached hydrogens (tertiary/aromatic N) is 2. The Balaban J connectivity index is 1.59. The molecular weight excluding hydrogens is 420 g/mol. The van der Waals surface area contributed by atoms with Gasteiger partial charge in [-0.25, -0.2) is 9.48 Å². The highest BCUT2D eigenvalue weighted by Gasteiger charge is 2.23. The smallest absolute Gasteiger partial charge is 0.343 e. The van der Waals surface area contributed by atoms with Crippen LogP contribution >= 0.6 is 11.6 Å². The van der Waals surface area contributed by atoms with Crippen LogP contribution in [0.25, 0.3) is 28.8 Å². The molecule has 0 aliphatic carbocycles. The van der Waals surface area contributed by atoms with Gasteiger partial charge in [-0.2, -0.15) is 5.10 Å². The van der Waals surface area contributed by atoms with Crippen LogP contribution in [-0.4, -0.2) is 15.7 Å². The number of hydrogen-bond acceptors (Lipinski definition) is 3. The minimum Gasteiger partial charge on any atom is -0.422 e. The number of rotatable bonds is 4. The molecule has 5 rings (SSSR count). The zero-order valence-corrected chi connectivity index (χ0v) is 18.1. The van der Waals surface area contributed by atoms with Gasteiger partial charge in [0.05, 0.1) is 17.0 Å². The number of aromatic nitrogens is 2. The third-order valence-corrected chi connectivity index (χ3v) is 5.50. The SMILES string of the molecule is Cc1ccc(C2=CC(=Cc3cn(-c4ccccc4)nc3-c3ccc(Cl)cc3)C(=O)O2)cc1. The van der Waals surface area contributed by atoms with Gasteiger partial charge in [0.25, 0.3) is 0 Å². The van der Waals surface area contributed by atoms with E-state index in [2.05, 4.69) is 0 Å². The molecule has 0 radical (unpaired) electrons. The summed E-state index contributed by atoms with van der Waals surface area (Å²) in [6.07, 6.45) is 5.51. The Morgan fingerprint density at radius 1 is 0.906 bits per heavy atom. The molecule has 0 fully saturated rings. The van der Waals surface area contributed by atoms with Gasteiger partial charge in [0, 0.05) is 27.9 Å². The number of cyclic esters (lactones) is 1. The van der Waals surface area contributed by atoms with E-state index in [1.54, 1.807) is 10.8 Å². The molecule has 1 aliphatic rings. The topological polar surface area (TPSA) is 44.1 Å².